The van der Waals surface area contributed by atoms with E-state index in [9.17, 15) is 10.5 Å². The fourth-order valence-corrected chi connectivity index (χ4v) is 17.4. The molecule has 1 atom stereocenters. The van der Waals surface area contributed by atoms with Gasteiger partial charge in [0.1, 0.15) is 11.5 Å². The van der Waals surface area contributed by atoms with E-state index in [-0.39, 0.29) is 0 Å². The maximum absolute atomic E-state index is 10.3. The molecule has 0 saturated heterocycles. The molecule has 2 aliphatic heterocycles. The van der Waals surface area contributed by atoms with Crippen LogP contribution >= 0.6 is 11.8 Å². The van der Waals surface area contributed by atoms with Gasteiger partial charge in [-0.1, -0.05) is 139 Å². The number of pyridine rings is 2. The van der Waals surface area contributed by atoms with Crippen molar-refractivity contribution in [1.29, 1.82) is 10.5 Å². The smallest absolute Gasteiger partial charge is 0.134 e. The molecule has 0 N–H and O–H groups in total. The summed E-state index contributed by atoms with van der Waals surface area (Å²) in [6.07, 6.45) is 3.96. The molecule has 10 nitrogen and oxygen atoms in total. The van der Waals surface area contributed by atoms with Crippen LogP contribution in [0.4, 0.5) is 17.1 Å². The number of anilines is 3. The second-order valence-corrected chi connectivity index (χ2v) is 26.2. The summed E-state index contributed by atoms with van der Waals surface area (Å²) in [4.78, 5) is 16.0. The van der Waals surface area contributed by atoms with Gasteiger partial charge in [-0.25, -0.2) is 0 Å². The number of hydrogen-bond acceptors (Lipinski definition) is 7. The highest BCUT2D eigenvalue weighted by Crippen LogP contribution is 2.63. The van der Waals surface area contributed by atoms with E-state index in [1.165, 1.54) is 20.6 Å². The summed E-state index contributed by atoms with van der Waals surface area (Å²) in [5.41, 5.74) is 20.5. The Bertz CT molecular complexity index is 6390. The topological polar surface area (TPSA) is 106 Å². The van der Waals surface area contributed by atoms with Gasteiger partial charge in [-0.3, -0.25) is 9.97 Å². The van der Waals surface area contributed by atoms with Crippen LogP contribution in [0.1, 0.15) is 33.4 Å². The Morgan fingerprint density at radius 1 is 0.312 bits per heavy atom. The van der Waals surface area contributed by atoms with Crippen molar-refractivity contribution in [2.24, 2.45) is 0 Å². The third-order valence-electron chi connectivity index (χ3n) is 20.3. The zero-order chi connectivity index (χ0) is 63.1. The Kier molecular flexibility index (Phi) is 10.7. The quantitative estimate of drug-likeness (QED) is 0.169. The van der Waals surface area contributed by atoms with Crippen molar-refractivity contribution < 1.29 is 4.74 Å². The lowest BCUT2D eigenvalue weighted by Gasteiger charge is -2.39. The molecule has 0 bridgehead atoms. The van der Waals surface area contributed by atoms with E-state index in [2.05, 4.69) is 272 Å². The van der Waals surface area contributed by atoms with E-state index < -0.39 is 5.41 Å². The Morgan fingerprint density at radius 3 is 1.10 bits per heavy atom. The van der Waals surface area contributed by atoms with Gasteiger partial charge in [-0.2, -0.15) is 10.5 Å². The van der Waals surface area contributed by atoms with Gasteiger partial charge >= 0.3 is 0 Å². The summed E-state index contributed by atoms with van der Waals surface area (Å²) in [5, 5.41) is 29.2. The SMILES string of the molecule is N#Cc1ccc2c(c1)c1cc(C#N)ccc1n2-c1cnc2c(c1)C1(c3ccc(-n4c5ccccc5c5ccccc54)cc3Oc3cc(-n4c5ccccc5c5cc(N6c7ccccc7Sc7ccccc76)ccc54)ccc31)c1cc(-n3c4ccccc4c4ccccc43)cnc1-2. The number of hydrogen-bond donors (Lipinski definition) is 0. The van der Waals surface area contributed by atoms with Crippen molar-refractivity contribution in [1.82, 2.24) is 28.2 Å². The van der Waals surface area contributed by atoms with Crippen molar-refractivity contribution in [3.63, 3.8) is 0 Å². The number of benzene rings is 12. The summed E-state index contributed by atoms with van der Waals surface area (Å²) < 4.78 is 17.0. The van der Waals surface area contributed by atoms with Gasteiger partial charge in [0.2, 0.25) is 0 Å². The molecule has 1 spiro atoms. The van der Waals surface area contributed by atoms with Gasteiger partial charge < -0.3 is 27.9 Å². The van der Waals surface area contributed by atoms with Crippen LogP contribution in [0.25, 0.3) is 121 Å². The van der Waals surface area contributed by atoms with Crippen molar-refractivity contribution in [3.05, 3.63) is 319 Å². The van der Waals surface area contributed by atoms with Crippen LogP contribution < -0.4 is 9.64 Å². The number of ether oxygens (including phenoxy) is 1. The third kappa shape index (κ3) is 7.07. The van der Waals surface area contributed by atoms with Gasteiger partial charge in [-0.15, -0.1) is 0 Å². The number of nitrogens with zero attached hydrogens (tertiary/aromatic N) is 9. The van der Waals surface area contributed by atoms with E-state index in [4.69, 9.17) is 14.7 Å². The minimum absolute atomic E-state index is 0.533. The van der Waals surface area contributed by atoms with Crippen LogP contribution in [0.2, 0.25) is 0 Å². The molecule has 0 radical (unpaired) electrons. The summed E-state index contributed by atoms with van der Waals surface area (Å²) in [6.45, 7) is 0. The second-order valence-electron chi connectivity index (χ2n) is 25.1. The highest BCUT2D eigenvalue weighted by molar-refractivity contribution is 7.99. The summed E-state index contributed by atoms with van der Waals surface area (Å²) in [5.74, 6) is 1.39. The lowest BCUT2D eigenvalue weighted by Crippen LogP contribution is -2.32. The molecule has 0 fully saturated rings. The zero-order valence-electron chi connectivity index (χ0n) is 51.0. The normalized spacial score (nSPS) is 14.3. The van der Waals surface area contributed by atoms with Gasteiger partial charge in [-0.05, 0) is 133 Å². The fourth-order valence-electron chi connectivity index (χ4n) is 16.4. The first-order valence-corrected chi connectivity index (χ1v) is 32.9. The van der Waals surface area contributed by atoms with Crippen LogP contribution in [-0.2, 0) is 5.41 Å². The van der Waals surface area contributed by atoms with E-state index in [1.54, 1.807) is 0 Å². The number of nitriles is 2. The lowest BCUT2D eigenvalue weighted by molar-refractivity contribution is 0.436. The molecular weight excluding hydrogens is 1200 g/mol. The number of rotatable bonds is 5. The predicted molar refractivity (Wildman–Crippen MR) is 385 cm³/mol. The van der Waals surface area contributed by atoms with Crippen molar-refractivity contribution in [2.45, 2.75) is 15.2 Å². The van der Waals surface area contributed by atoms with E-state index in [0.29, 0.717) is 22.6 Å². The van der Waals surface area contributed by atoms with Crippen LogP contribution in [0.15, 0.2) is 295 Å². The average molecular weight is 1240 g/mol. The van der Waals surface area contributed by atoms with Crippen LogP contribution in [0.5, 0.6) is 11.5 Å². The van der Waals surface area contributed by atoms with Crippen molar-refractivity contribution in [3.8, 4) is 57.8 Å². The monoisotopic (exact) mass is 1240 g/mol. The molecule has 21 rings (SSSR count). The second kappa shape index (κ2) is 19.6. The Morgan fingerprint density at radius 2 is 0.667 bits per heavy atom. The van der Waals surface area contributed by atoms with Gasteiger partial charge in [0.25, 0.3) is 0 Å². The predicted octanol–water partition coefficient (Wildman–Crippen LogP) is 21.0. The summed E-state index contributed by atoms with van der Waals surface area (Å²) in [6, 6.07) is 102. The molecule has 11 heteroatoms. The van der Waals surface area contributed by atoms with Crippen molar-refractivity contribution >= 4 is 116 Å². The number of aromatic nitrogens is 6. The Labute approximate surface area is 552 Å². The molecule has 96 heavy (non-hydrogen) atoms. The van der Waals surface area contributed by atoms with Crippen LogP contribution in [0.3, 0.4) is 0 Å². The maximum Gasteiger partial charge on any atom is 0.134 e. The maximum atomic E-state index is 10.3. The van der Waals surface area contributed by atoms with Crippen LogP contribution in [0, 0.1) is 22.7 Å². The molecular formula is C85H47N9OS. The largest absolute Gasteiger partial charge is 0.457 e. The minimum atomic E-state index is -1.11. The van der Waals surface area contributed by atoms with Gasteiger partial charge in [0.15, 0.2) is 0 Å². The lowest BCUT2D eigenvalue weighted by atomic mass is 9.66. The molecule has 0 saturated carbocycles. The number of fused-ring (bicyclic) bond motifs is 23. The van der Waals surface area contributed by atoms with Crippen molar-refractivity contribution in [2.75, 3.05) is 4.90 Å². The molecule has 6 aromatic heterocycles. The molecule has 1 unspecified atom stereocenters. The Balaban J connectivity index is 0.849. The van der Waals surface area contributed by atoms with Gasteiger partial charge in [0.05, 0.1) is 119 Å². The van der Waals surface area contributed by atoms with E-state index >= 15 is 0 Å². The first-order valence-electron chi connectivity index (χ1n) is 32.0. The minimum Gasteiger partial charge on any atom is -0.457 e. The molecule has 18 aromatic rings. The first-order chi connectivity index (χ1) is 47.5. The summed E-state index contributed by atoms with van der Waals surface area (Å²) >= 11 is 1.81. The first kappa shape index (κ1) is 52.7. The average Bonchev–Trinajstić information content (AvgIpc) is 1.47. The van der Waals surface area contributed by atoms with Crippen LogP contribution in [-0.4, -0.2) is 28.2 Å². The Hall–Kier alpha value is -12.9. The standard InChI is InChI=1S/C85H47N9OS/c86-46-50-29-36-74-62(39-50)63-40-51(47-87)30-37-75(63)94(74)56-43-68-84(89-49-56)83-67(42-55(48-88-83)93-71-22-8-3-17-59(71)60-18-4-9-23-72(60)93)85(68)65-34-31-53(90-69-20-6-1-15-57(69)58-16-2-7-21-70(58)90)44-79(65)95-80-45-54(32-35-66(80)85)91-73-24-10-5-19-61(73)64-41-52(33-38-76(64)91)92-77-25-11-13-27-81(77)96-82-28-14-12-26-78(82)92/h1-45,48-49H. The zero-order valence-corrected chi connectivity index (χ0v) is 51.8. The highest BCUT2D eigenvalue weighted by Gasteiger charge is 2.53. The molecule has 1 aliphatic carbocycles. The molecule has 3 aliphatic rings. The molecule has 0 amide bonds. The molecule has 444 valence electrons. The third-order valence-corrected chi connectivity index (χ3v) is 21.4. The fraction of sp³-hybridized carbons (Fsp3) is 0.0118. The highest BCUT2D eigenvalue weighted by atomic mass is 32.2. The van der Waals surface area contributed by atoms with E-state index in [1.807, 2.05) is 60.6 Å². The summed E-state index contributed by atoms with van der Waals surface area (Å²) in [7, 11) is 0. The molecule has 8 heterocycles. The van der Waals surface area contributed by atoms with E-state index in [0.717, 1.165) is 150 Å². The number of para-hydroxylation sites is 7. The molecule has 12 aromatic carbocycles. The van der Waals surface area contributed by atoms with Gasteiger partial charge in [0, 0.05) is 104 Å².